The minimum atomic E-state index is -0.257. The zero-order valence-corrected chi connectivity index (χ0v) is 11.1. The second-order valence-electron chi connectivity index (χ2n) is 4.67. The highest BCUT2D eigenvalue weighted by Crippen LogP contribution is 2.05. The number of ketones is 1. The number of carbonyl (C=O) groups excluding carboxylic acids is 1. The first kappa shape index (κ1) is 12.3. The number of fused-ring (bicyclic) bond motifs is 1. The van der Waals surface area contributed by atoms with E-state index in [9.17, 15) is 9.59 Å². The van der Waals surface area contributed by atoms with E-state index in [-0.39, 0.29) is 17.9 Å². The van der Waals surface area contributed by atoms with Crippen LogP contribution in [0.15, 0.2) is 35.8 Å². The van der Waals surface area contributed by atoms with E-state index in [1.165, 1.54) is 21.8 Å². The fourth-order valence-corrected chi connectivity index (χ4v) is 2.09. The Bertz CT molecular complexity index is 855. The first-order valence-corrected chi connectivity index (χ1v) is 6.08. The van der Waals surface area contributed by atoms with Crippen LogP contribution in [0, 0.1) is 0 Å². The second kappa shape index (κ2) is 4.44. The van der Waals surface area contributed by atoms with Crippen molar-refractivity contribution < 1.29 is 4.79 Å². The number of hydrogen-bond acceptors (Lipinski definition) is 4. The van der Waals surface area contributed by atoms with E-state index < -0.39 is 0 Å². The molecular formula is C13H13N5O2. The molecule has 0 atom stereocenters. The molecule has 0 fully saturated rings. The second-order valence-corrected chi connectivity index (χ2v) is 4.67. The van der Waals surface area contributed by atoms with Gasteiger partial charge in [-0.05, 0) is 6.07 Å². The SMILES string of the molecule is Cn1ccc(C(=O)Cn2cnc3c(cnn3C)c2=O)c1. The molecule has 0 radical (unpaired) electrons. The van der Waals surface area contributed by atoms with Crippen LogP contribution < -0.4 is 5.56 Å². The van der Waals surface area contributed by atoms with Gasteiger partial charge in [-0.1, -0.05) is 0 Å². The zero-order valence-electron chi connectivity index (χ0n) is 11.1. The smallest absolute Gasteiger partial charge is 0.264 e. The Morgan fingerprint density at radius 2 is 2.15 bits per heavy atom. The molecule has 3 heterocycles. The van der Waals surface area contributed by atoms with Crippen LogP contribution in [0.4, 0.5) is 0 Å². The van der Waals surface area contributed by atoms with Crippen molar-refractivity contribution in [1.82, 2.24) is 23.9 Å². The summed E-state index contributed by atoms with van der Waals surface area (Å²) < 4.78 is 4.62. The van der Waals surface area contributed by atoms with Gasteiger partial charge in [0.05, 0.1) is 12.7 Å². The molecule has 0 bridgehead atoms. The lowest BCUT2D eigenvalue weighted by molar-refractivity contribution is 0.0970. The van der Waals surface area contributed by atoms with Crippen LogP contribution in [0.1, 0.15) is 10.4 Å². The maximum Gasteiger partial charge on any atom is 0.264 e. The van der Waals surface area contributed by atoms with Crippen molar-refractivity contribution in [2.75, 3.05) is 0 Å². The number of carbonyl (C=O) groups is 1. The molecule has 3 aromatic rings. The molecule has 0 saturated heterocycles. The van der Waals surface area contributed by atoms with Crippen molar-refractivity contribution in [3.8, 4) is 0 Å². The summed E-state index contributed by atoms with van der Waals surface area (Å²) in [6.45, 7) is -0.0271. The summed E-state index contributed by atoms with van der Waals surface area (Å²) in [6, 6.07) is 1.73. The molecule has 0 spiro atoms. The monoisotopic (exact) mass is 271 g/mol. The predicted octanol–water partition coefficient (Wildman–Crippen LogP) is 0.351. The molecule has 0 saturated carbocycles. The highest BCUT2D eigenvalue weighted by Gasteiger charge is 2.12. The Labute approximate surface area is 114 Å². The quantitative estimate of drug-likeness (QED) is 0.644. The first-order valence-electron chi connectivity index (χ1n) is 6.08. The Morgan fingerprint density at radius 1 is 1.35 bits per heavy atom. The van der Waals surface area contributed by atoms with Crippen LogP contribution in [-0.2, 0) is 20.6 Å². The largest absolute Gasteiger partial charge is 0.357 e. The molecule has 7 nitrogen and oxygen atoms in total. The van der Waals surface area contributed by atoms with E-state index in [4.69, 9.17) is 0 Å². The van der Waals surface area contributed by atoms with Gasteiger partial charge in [0.15, 0.2) is 11.4 Å². The van der Waals surface area contributed by atoms with Crippen LogP contribution in [0.25, 0.3) is 11.0 Å². The lowest BCUT2D eigenvalue weighted by atomic mass is 10.2. The van der Waals surface area contributed by atoms with E-state index in [0.29, 0.717) is 16.6 Å². The molecule has 3 rings (SSSR count). The number of hydrogen-bond donors (Lipinski definition) is 0. The highest BCUT2D eigenvalue weighted by molar-refractivity contribution is 5.95. The number of aryl methyl sites for hydroxylation is 2. The molecular weight excluding hydrogens is 258 g/mol. The minimum Gasteiger partial charge on any atom is -0.357 e. The maximum atomic E-state index is 12.2. The molecule has 7 heteroatoms. The van der Waals surface area contributed by atoms with Gasteiger partial charge in [0.25, 0.3) is 5.56 Å². The normalized spacial score (nSPS) is 11.1. The van der Waals surface area contributed by atoms with Crippen LogP contribution in [0.2, 0.25) is 0 Å². The van der Waals surface area contributed by atoms with Gasteiger partial charge in [-0.2, -0.15) is 5.10 Å². The standard InChI is InChI=1S/C13H13N5O2/c1-16-4-3-9(6-16)11(19)7-18-8-14-12-10(13(18)20)5-15-17(12)2/h3-6,8H,7H2,1-2H3. The van der Waals surface area contributed by atoms with E-state index >= 15 is 0 Å². The van der Waals surface area contributed by atoms with Crippen molar-refractivity contribution in [3.05, 3.63) is 46.9 Å². The Balaban J connectivity index is 1.97. The van der Waals surface area contributed by atoms with Crippen LogP contribution in [0.3, 0.4) is 0 Å². The number of Topliss-reactive ketones (excluding diaryl/α,β-unsaturated/α-hetero) is 1. The lowest BCUT2D eigenvalue weighted by Gasteiger charge is -2.03. The Hall–Kier alpha value is -2.70. The van der Waals surface area contributed by atoms with Crippen LogP contribution >= 0.6 is 0 Å². The number of nitrogens with zero attached hydrogens (tertiary/aromatic N) is 5. The molecule has 20 heavy (non-hydrogen) atoms. The summed E-state index contributed by atoms with van der Waals surface area (Å²) in [4.78, 5) is 28.5. The summed E-state index contributed by atoms with van der Waals surface area (Å²) in [7, 11) is 3.56. The van der Waals surface area contributed by atoms with Gasteiger partial charge in [-0.25, -0.2) is 4.98 Å². The van der Waals surface area contributed by atoms with Gasteiger partial charge < -0.3 is 4.57 Å². The van der Waals surface area contributed by atoms with E-state index in [1.807, 2.05) is 7.05 Å². The summed E-state index contributed by atoms with van der Waals surface area (Å²) in [5.41, 5.74) is 0.830. The molecule has 3 aromatic heterocycles. The van der Waals surface area contributed by atoms with E-state index in [0.717, 1.165) is 0 Å². The molecule has 0 aromatic carbocycles. The molecule has 0 aliphatic carbocycles. The van der Waals surface area contributed by atoms with Crippen LogP contribution in [0.5, 0.6) is 0 Å². The summed E-state index contributed by atoms with van der Waals surface area (Å²) in [6.07, 6.45) is 6.36. The summed E-state index contributed by atoms with van der Waals surface area (Å²) in [5.74, 6) is -0.127. The van der Waals surface area contributed by atoms with Gasteiger partial charge in [0.1, 0.15) is 11.7 Å². The zero-order chi connectivity index (χ0) is 14.3. The molecule has 0 aliphatic rings. The third kappa shape index (κ3) is 1.93. The first-order chi connectivity index (χ1) is 9.56. The predicted molar refractivity (Wildman–Crippen MR) is 72.5 cm³/mol. The Kier molecular flexibility index (Phi) is 2.74. The molecule has 0 N–H and O–H groups in total. The van der Waals surface area contributed by atoms with Gasteiger partial charge in [0, 0.05) is 32.1 Å². The van der Waals surface area contributed by atoms with Crippen molar-refractivity contribution in [1.29, 1.82) is 0 Å². The van der Waals surface area contributed by atoms with Gasteiger partial charge in [-0.3, -0.25) is 18.8 Å². The number of aromatic nitrogens is 5. The van der Waals surface area contributed by atoms with Crippen molar-refractivity contribution in [2.24, 2.45) is 14.1 Å². The average Bonchev–Trinajstić information content (AvgIpc) is 3.00. The molecule has 0 unspecified atom stereocenters. The third-order valence-electron chi connectivity index (χ3n) is 3.19. The number of rotatable bonds is 3. The van der Waals surface area contributed by atoms with Gasteiger partial charge in [0.2, 0.25) is 0 Å². The summed E-state index contributed by atoms with van der Waals surface area (Å²) in [5, 5.41) is 4.40. The van der Waals surface area contributed by atoms with Crippen molar-refractivity contribution >= 4 is 16.8 Å². The fraction of sp³-hybridized carbons (Fsp3) is 0.231. The fourth-order valence-electron chi connectivity index (χ4n) is 2.09. The van der Waals surface area contributed by atoms with Crippen molar-refractivity contribution in [3.63, 3.8) is 0 Å². The topological polar surface area (TPSA) is 74.7 Å². The third-order valence-corrected chi connectivity index (χ3v) is 3.19. The lowest BCUT2D eigenvalue weighted by Crippen LogP contribution is -2.24. The van der Waals surface area contributed by atoms with E-state index in [2.05, 4.69) is 10.1 Å². The maximum absolute atomic E-state index is 12.2. The molecule has 0 amide bonds. The van der Waals surface area contributed by atoms with Gasteiger partial charge in [-0.15, -0.1) is 0 Å². The van der Waals surface area contributed by atoms with Crippen molar-refractivity contribution in [2.45, 2.75) is 6.54 Å². The molecule has 0 aliphatic heterocycles. The van der Waals surface area contributed by atoms with Gasteiger partial charge >= 0.3 is 0 Å². The average molecular weight is 271 g/mol. The molecule has 102 valence electrons. The van der Waals surface area contributed by atoms with E-state index in [1.54, 1.807) is 30.1 Å². The Morgan fingerprint density at radius 3 is 2.85 bits per heavy atom. The highest BCUT2D eigenvalue weighted by atomic mass is 16.1. The minimum absolute atomic E-state index is 0.0271. The van der Waals surface area contributed by atoms with Crippen LogP contribution in [-0.4, -0.2) is 29.7 Å². The summed E-state index contributed by atoms with van der Waals surface area (Å²) >= 11 is 0.